The van der Waals surface area contributed by atoms with Crippen LogP contribution in [0.15, 0.2) is 71.7 Å². The summed E-state index contributed by atoms with van der Waals surface area (Å²) in [5, 5.41) is 2.78. The zero-order chi connectivity index (χ0) is 26.9. The minimum absolute atomic E-state index is 0.0147. The molecule has 1 heterocycles. The third-order valence-electron chi connectivity index (χ3n) is 6.70. The van der Waals surface area contributed by atoms with Gasteiger partial charge in [0.2, 0.25) is 0 Å². The lowest BCUT2D eigenvalue weighted by Gasteiger charge is -2.20. The summed E-state index contributed by atoms with van der Waals surface area (Å²) in [4.78, 5) is 19.1. The Bertz CT molecular complexity index is 1220. The Kier molecular flexibility index (Phi) is 9.60. The molecular formula is C31H35F2N3O2. The second-order valence-electron chi connectivity index (χ2n) is 9.53. The number of nitrogens with one attached hydrogen (secondary N) is 1. The fourth-order valence-corrected chi connectivity index (χ4v) is 4.83. The molecule has 4 rings (SSSR count). The van der Waals surface area contributed by atoms with E-state index >= 15 is 0 Å². The van der Waals surface area contributed by atoms with Crippen LogP contribution in [0.5, 0.6) is 0 Å². The number of anilines is 1. The summed E-state index contributed by atoms with van der Waals surface area (Å²) in [6, 6.07) is 19.4. The predicted octanol–water partition coefficient (Wildman–Crippen LogP) is 7.63. The van der Waals surface area contributed by atoms with Gasteiger partial charge in [-0.15, -0.1) is 0 Å². The molecule has 200 valence electrons. The number of hydrogen-bond acceptors (Lipinski definition) is 4. The highest BCUT2D eigenvalue weighted by molar-refractivity contribution is 6.02. The smallest absolute Gasteiger partial charge is 0.411 e. The summed E-state index contributed by atoms with van der Waals surface area (Å²) in [6.07, 6.45) is 2.95. The highest BCUT2D eigenvalue weighted by Gasteiger charge is 2.24. The van der Waals surface area contributed by atoms with Gasteiger partial charge >= 0.3 is 6.09 Å². The molecule has 0 bridgehead atoms. The number of halogens is 2. The molecule has 0 saturated carbocycles. The van der Waals surface area contributed by atoms with Crippen LogP contribution in [0.3, 0.4) is 0 Å². The lowest BCUT2D eigenvalue weighted by Crippen LogP contribution is -2.30. The third-order valence-corrected chi connectivity index (χ3v) is 6.70. The van der Waals surface area contributed by atoms with Gasteiger partial charge in [0.25, 0.3) is 0 Å². The number of carbonyl (C=O) groups is 1. The average Bonchev–Trinajstić information content (AvgIpc) is 3.39. The number of rotatable bonds is 11. The Morgan fingerprint density at radius 2 is 1.53 bits per heavy atom. The molecule has 1 atom stereocenters. The van der Waals surface area contributed by atoms with E-state index in [4.69, 9.17) is 4.74 Å². The van der Waals surface area contributed by atoms with Crippen molar-refractivity contribution in [1.82, 2.24) is 4.90 Å². The van der Waals surface area contributed by atoms with Crippen LogP contribution < -0.4 is 5.32 Å². The summed E-state index contributed by atoms with van der Waals surface area (Å²) >= 11 is 0. The van der Waals surface area contributed by atoms with E-state index in [1.165, 1.54) is 18.2 Å². The lowest BCUT2D eigenvalue weighted by molar-refractivity contribution is 0.139. The summed E-state index contributed by atoms with van der Waals surface area (Å²) in [5.41, 5.74) is 4.18. The molecule has 3 aromatic rings. The maximum Gasteiger partial charge on any atom is 0.411 e. The van der Waals surface area contributed by atoms with E-state index in [2.05, 4.69) is 29.1 Å². The van der Waals surface area contributed by atoms with Crippen molar-refractivity contribution in [1.29, 1.82) is 0 Å². The average molecular weight is 520 g/mol. The van der Waals surface area contributed by atoms with Crippen LogP contribution in [0.1, 0.15) is 56.7 Å². The van der Waals surface area contributed by atoms with E-state index in [0.717, 1.165) is 49.2 Å². The molecule has 3 aromatic carbocycles. The fourth-order valence-electron chi connectivity index (χ4n) is 4.83. The van der Waals surface area contributed by atoms with E-state index in [1.807, 2.05) is 48.5 Å². The molecule has 38 heavy (non-hydrogen) atoms. The lowest BCUT2D eigenvalue weighted by atomic mass is 9.99. The second-order valence-corrected chi connectivity index (χ2v) is 9.53. The molecule has 0 aliphatic carbocycles. The molecule has 0 spiro atoms. The van der Waals surface area contributed by atoms with Crippen molar-refractivity contribution >= 4 is 17.5 Å². The number of ether oxygens (including phenoxy) is 1. The maximum absolute atomic E-state index is 14.2. The summed E-state index contributed by atoms with van der Waals surface area (Å²) in [5.74, 6) is -1.15. The van der Waals surface area contributed by atoms with Crippen LogP contribution >= 0.6 is 0 Å². The molecule has 0 aromatic heterocycles. The maximum atomic E-state index is 14.2. The van der Waals surface area contributed by atoms with Crippen molar-refractivity contribution in [2.24, 2.45) is 4.99 Å². The van der Waals surface area contributed by atoms with E-state index in [-0.39, 0.29) is 11.6 Å². The molecule has 0 saturated heterocycles. The molecule has 1 unspecified atom stereocenters. The van der Waals surface area contributed by atoms with Gasteiger partial charge in [-0.1, -0.05) is 56.3 Å². The Hall–Kier alpha value is -3.58. The quantitative estimate of drug-likeness (QED) is 0.283. The SMILES string of the molecule is CCCN(CCC)CCOC(=O)Nc1ccc(-c2ccc(C3CCC(c4c(F)cccc4F)=N3)cc2)cc1. The second kappa shape index (κ2) is 13.3. The van der Waals surface area contributed by atoms with Crippen molar-refractivity contribution in [3.63, 3.8) is 0 Å². The minimum Gasteiger partial charge on any atom is -0.448 e. The summed E-state index contributed by atoms with van der Waals surface area (Å²) in [7, 11) is 0. The Balaban J connectivity index is 1.32. The van der Waals surface area contributed by atoms with Gasteiger partial charge in [-0.05, 0) is 79.7 Å². The highest BCUT2D eigenvalue weighted by Crippen LogP contribution is 2.33. The van der Waals surface area contributed by atoms with E-state index in [9.17, 15) is 13.6 Å². The standard InChI is InChI=1S/C31H35F2N3O2/c1-3-18-36(19-4-2)20-21-38-31(37)34-25-14-12-23(13-15-25)22-8-10-24(11-9-22)28-16-17-29(35-28)30-26(32)6-5-7-27(30)33/h5-15,28H,3-4,16-21H2,1-2H3,(H,34,37). The predicted molar refractivity (Wildman–Crippen MR) is 149 cm³/mol. The first kappa shape index (κ1) is 27.5. The topological polar surface area (TPSA) is 53.9 Å². The first-order valence-corrected chi connectivity index (χ1v) is 13.4. The molecule has 0 radical (unpaired) electrons. The molecule has 1 aliphatic heterocycles. The van der Waals surface area contributed by atoms with E-state index in [0.29, 0.717) is 30.8 Å². The van der Waals surface area contributed by atoms with Crippen LogP contribution in [-0.4, -0.2) is 42.9 Å². The van der Waals surface area contributed by atoms with Gasteiger partial charge in [0.1, 0.15) is 18.2 Å². The van der Waals surface area contributed by atoms with Crippen molar-refractivity contribution in [2.45, 2.75) is 45.6 Å². The fraction of sp³-hybridized carbons (Fsp3) is 0.355. The van der Waals surface area contributed by atoms with E-state index < -0.39 is 17.7 Å². The molecule has 1 N–H and O–H groups in total. The van der Waals surface area contributed by atoms with Crippen LogP contribution in [0, 0.1) is 11.6 Å². The van der Waals surface area contributed by atoms with Gasteiger partial charge in [-0.2, -0.15) is 0 Å². The van der Waals surface area contributed by atoms with Crippen LogP contribution in [0.4, 0.5) is 19.3 Å². The van der Waals surface area contributed by atoms with Crippen LogP contribution in [0.25, 0.3) is 11.1 Å². The van der Waals surface area contributed by atoms with Gasteiger partial charge < -0.3 is 4.74 Å². The first-order chi connectivity index (χ1) is 18.5. The van der Waals surface area contributed by atoms with Crippen molar-refractivity contribution in [3.05, 3.63) is 89.5 Å². The van der Waals surface area contributed by atoms with Gasteiger partial charge in [-0.25, -0.2) is 13.6 Å². The number of nitrogens with zero attached hydrogens (tertiary/aromatic N) is 2. The monoisotopic (exact) mass is 519 g/mol. The van der Waals surface area contributed by atoms with Crippen molar-refractivity contribution in [2.75, 3.05) is 31.6 Å². The number of amides is 1. The molecule has 0 fully saturated rings. The third kappa shape index (κ3) is 7.04. The van der Waals surface area contributed by atoms with Gasteiger partial charge in [-0.3, -0.25) is 15.2 Å². The van der Waals surface area contributed by atoms with Crippen LogP contribution in [-0.2, 0) is 4.74 Å². The molecule has 5 nitrogen and oxygen atoms in total. The number of aliphatic imine (C=N–C) groups is 1. The summed E-state index contributed by atoms with van der Waals surface area (Å²) < 4.78 is 33.7. The zero-order valence-corrected chi connectivity index (χ0v) is 22.1. The van der Waals surface area contributed by atoms with Gasteiger partial charge in [0.15, 0.2) is 0 Å². The van der Waals surface area contributed by atoms with Crippen LogP contribution in [0.2, 0.25) is 0 Å². The Morgan fingerprint density at radius 3 is 2.13 bits per heavy atom. The number of carbonyl (C=O) groups excluding carboxylic acids is 1. The summed E-state index contributed by atoms with van der Waals surface area (Å²) in [6.45, 7) is 7.39. The van der Waals surface area contributed by atoms with Gasteiger partial charge in [0, 0.05) is 17.9 Å². The highest BCUT2D eigenvalue weighted by atomic mass is 19.1. The Labute approximate surface area is 223 Å². The normalized spacial score (nSPS) is 15.0. The molecule has 1 aliphatic rings. The molecule has 1 amide bonds. The minimum atomic E-state index is -0.573. The van der Waals surface area contributed by atoms with Crippen molar-refractivity contribution in [3.8, 4) is 11.1 Å². The van der Waals surface area contributed by atoms with E-state index in [1.54, 1.807) is 0 Å². The molecular weight excluding hydrogens is 484 g/mol. The zero-order valence-electron chi connectivity index (χ0n) is 22.1. The number of hydrogen-bond donors (Lipinski definition) is 1. The number of benzene rings is 3. The van der Waals surface area contributed by atoms with Crippen molar-refractivity contribution < 1.29 is 18.3 Å². The van der Waals surface area contributed by atoms with Gasteiger partial charge in [0.05, 0.1) is 11.6 Å². The Morgan fingerprint density at radius 1 is 0.921 bits per heavy atom. The first-order valence-electron chi connectivity index (χ1n) is 13.4. The molecule has 7 heteroatoms. The largest absolute Gasteiger partial charge is 0.448 e.